The van der Waals surface area contributed by atoms with Crippen LogP contribution in [0.4, 0.5) is 13.2 Å². The number of carbonyl (C=O) groups excluding carboxylic acids is 1. The number of aromatic nitrogens is 1. The molecule has 0 radical (unpaired) electrons. The van der Waals surface area contributed by atoms with Gasteiger partial charge < -0.3 is 14.8 Å². The Kier molecular flexibility index (Phi) is 6.77. The number of amides is 1. The van der Waals surface area contributed by atoms with E-state index in [-0.39, 0.29) is 5.75 Å². The van der Waals surface area contributed by atoms with Crippen molar-refractivity contribution < 1.29 is 27.4 Å². The summed E-state index contributed by atoms with van der Waals surface area (Å²) in [6.07, 6.45) is -3.25. The molecule has 0 spiro atoms. The number of alkyl halides is 3. The van der Waals surface area contributed by atoms with E-state index in [0.29, 0.717) is 16.5 Å². The van der Waals surface area contributed by atoms with Crippen LogP contribution in [-0.2, 0) is 4.79 Å². The molecule has 1 atom stereocenters. The summed E-state index contributed by atoms with van der Waals surface area (Å²) in [7, 11) is 0. The first-order chi connectivity index (χ1) is 13.0. The molecule has 2 rings (SSSR count). The van der Waals surface area contributed by atoms with E-state index in [1.807, 2.05) is 0 Å². The van der Waals surface area contributed by atoms with E-state index < -0.39 is 30.3 Å². The summed E-state index contributed by atoms with van der Waals surface area (Å²) in [5.41, 5.74) is -0.754. The average Bonchev–Trinajstić information content (AvgIpc) is 2.61. The highest BCUT2D eigenvalue weighted by Crippen LogP contribution is 2.28. The number of benzene rings is 1. The van der Waals surface area contributed by atoms with E-state index in [1.165, 1.54) is 18.3 Å². The summed E-state index contributed by atoms with van der Waals surface area (Å²) < 4.78 is 46.9. The molecule has 0 aliphatic rings. The molecule has 0 saturated carbocycles. The fraction of sp³-hybridized carbons (Fsp3) is 0.368. The Morgan fingerprint density at radius 1 is 1.21 bits per heavy atom. The van der Waals surface area contributed by atoms with Crippen LogP contribution in [0.2, 0.25) is 5.02 Å². The summed E-state index contributed by atoms with van der Waals surface area (Å²) in [6, 6.07) is 9.14. The largest absolute Gasteiger partial charge is 0.483 e. The van der Waals surface area contributed by atoms with E-state index in [1.54, 1.807) is 45.0 Å². The van der Waals surface area contributed by atoms with Crippen LogP contribution >= 0.6 is 11.6 Å². The number of nitrogens with one attached hydrogen (secondary N) is 1. The lowest BCUT2D eigenvalue weighted by Gasteiger charge is -2.27. The van der Waals surface area contributed by atoms with Crippen molar-refractivity contribution in [2.24, 2.45) is 0 Å². The quantitative estimate of drug-likeness (QED) is 0.710. The molecular formula is C19H20ClF3N2O3. The van der Waals surface area contributed by atoms with Crippen LogP contribution in [0.25, 0.3) is 0 Å². The van der Waals surface area contributed by atoms with Crippen LogP contribution in [-0.4, -0.2) is 29.3 Å². The molecule has 0 aliphatic heterocycles. The van der Waals surface area contributed by atoms with Crippen LogP contribution in [0.15, 0.2) is 42.6 Å². The van der Waals surface area contributed by atoms with Gasteiger partial charge in [-0.2, -0.15) is 13.2 Å². The van der Waals surface area contributed by atoms with Crippen LogP contribution in [0.3, 0.4) is 0 Å². The molecule has 1 heterocycles. The molecular weight excluding hydrogens is 397 g/mol. The zero-order valence-electron chi connectivity index (χ0n) is 15.5. The van der Waals surface area contributed by atoms with E-state index in [4.69, 9.17) is 16.3 Å². The van der Waals surface area contributed by atoms with E-state index in [9.17, 15) is 18.0 Å². The Balaban J connectivity index is 1.98. The van der Waals surface area contributed by atoms with Gasteiger partial charge in [0.05, 0.1) is 23.0 Å². The lowest BCUT2D eigenvalue weighted by molar-refractivity contribution is -0.153. The predicted molar refractivity (Wildman–Crippen MR) is 98.5 cm³/mol. The standard InChI is InChI=1S/C19H20ClF3N2O3/c1-12(15-9-8-13(10-24-15)27-11-19(21,22)23)25-17(26)18(2,3)28-16-7-5-4-6-14(16)20/h4-10,12H,11H2,1-3H3,(H,25,26)/t12-/m1/s1. The van der Waals surface area contributed by atoms with Gasteiger partial charge in [-0.25, -0.2) is 0 Å². The van der Waals surface area contributed by atoms with Crippen molar-refractivity contribution in [1.82, 2.24) is 10.3 Å². The van der Waals surface area contributed by atoms with Gasteiger partial charge in [0.1, 0.15) is 11.5 Å². The summed E-state index contributed by atoms with van der Waals surface area (Å²) >= 11 is 6.06. The highest BCUT2D eigenvalue weighted by atomic mass is 35.5. The number of nitrogens with zero attached hydrogens (tertiary/aromatic N) is 1. The maximum Gasteiger partial charge on any atom is 0.422 e. The van der Waals surface area contributed by atoms with E-state index in [2.05, 4.69) is 15.0 Å². The number of pyridine rings is 1. The lowest BCUT2D eigenvalue weighted by atomic mass is 10.1. The second-order valence-corrected chi connectivity index (χ2v) is 6.97. The van der Waals surface area contributed by atoms with Gasteiger partial charge in [-0.1, -0.05) is 23.7 Å². The van der Waals surface area contributed by atoms with Crippen molar-refractivity contribution in [2.45, 2.75) is 38.6 Å². The molecule has 1 amide bonds. The van der Waals surface area contributed by atoms with Gasteiger partial charge in [0.25, 0.3) is 5.91 Å². The first kappa shape index (κ1) is 21.8. The Morgan fingerprint density at radius 2 is 1.89 bits per heavy atom. The second-order valence-electron chi connectivity index (χ2n) is 6.56. The zero-order valence-corrected chi connectivity index (χ0v) is 16.3. The van der Waals surface area contributed by atoms with Gasteiger partial charge in [0.2, 0.25) is 0 Å². The monoisotopic (exact) mass is 416 g/mol. The molecule has 1 aromatic heterocycles. The van der Waals surface area contributed by atoms with Crippen LogP contribution < -0.4 is 14.8 Å². The number of hydrogen-bond acceptors (Lipinski definition) is 4. The average molecular weight is 417 g/mol. The van der Waals surface area contributed by atoms with Crippen molar-refractivity contribution in [1.29, 1.82) is 0 Å². The van der Waals surface area contributed by atoms with Crippen LogP contribution in [0, 0.1) is 0 Å². The molecule has 5 nitrogen and oxygen atoms in total. The fourth-order valence-corrected chi connectivity index (χ4v) is 2.37. The molecule has 1 aromatic carbocycles. The van der Waals surface area contributed by atoms with Crippen molar-refractivity contribution in [3.05, 3.63) is 53.3 Å². The molecule has 0 saturated heterocycles. The van der Waals surface area contributed by atoms with Crippen LogP contribution in [0.5, 0.6) is 11.5 Å². The Bertz CT molecular complexity index is 811. The van der Waals surface area contributed by atoms with Gasteiger partial charge in [0.15, 0.2) is 12.2 Å². The lowest BCUT2D eigenvalue weighted by Crippen LogP contribution is -2.47. The second kappa shape index (κ2) is 8.68. The number of carbonyl (C=O) groups is 1. The smallest absolute Gasteiger partial charge is 0.422 e. The summed E-state index contributed by atoms with van der Waals surface area (Å²) in [5, 5.41) is 3.14. The maximum atomic E-state index is 12.6. The molecule has 28 heavy (non-hydrogen) atoms. The Labute approximate surface area is 165 Å². The molecule has 0 bridgehead atoms. The summed E-state index contributed by atoms with van der Waals surface area (Å²) in [5.74, 6) is -0.0395. The molecule has 2 aromatic rings. The fourth-order valence-electron chi connectivity index (χ4n) is 2.19. The maximum absolute atomic E-state index is 12.6. The molecule has 9 heteroatoms. The number of rotatable bonds is 7. The minimum absolute atomic E-state index is 0.0121. The summed E-state index contributed by atoms with van der Waals surface area (Å²) in [4.78, 5) is 16.6. The van der Waals surface area contributed by atoms with Crippen molar-refractivity contribution in [3.63, 3.8) is 0 Å². The third kappa shape index (κ3) is 6.30. The van der Waals surface area contributed by atoms with Gasteiger partial charge in [-0.15, -0.1) is 0 Å². The van der Waals surface area contributed by atoms with Crippen LogP contribution in [0.1, 0.15) is 32.5 Å². The first-order valence-corrected chi connectivity index (χ1v) is 8.76. The molecule has 0 aliphatic carbocycles. The minimum Gasteiger partial charge on any atom is -0.483 e. The van der Waals surface area contributed by atoms with Gasteiger partial charge >= 0.3 is 6.18 Å². The Hall–Kier alpha value is -2.48. The number of para-hydroxylation sites is 1. The van der Waals surface area contributed by atoms with Gasteiger partial charge in [-0.3, -0.25) is 9.78 Å². The van der Waals surface area contributed by atoms with Crippen molar-refractivity contribution in [2.75, 3.05) is 6.61 Å². The minimum atomic E-state index is -4.42. The number of halogens is 4. The zero-order chi connectivity index (χ0) is 20.9. The van der Waals surface area contributed by atoms with Gasteiger partial charge in [0, 0.05) is 0 Å². The predicted octanol–water partition coefficient (Wildman–Crippen LogP) is 4.71. The molecule has 0 fully saturated rings. The molecule has 152 valence electrons. The van der Waals surface area contributed by atoms with E-state index >= 15 is 0 Å². The number of ether oxygens (including phenoxy) is 2. The van der Waals surface area contributed by atoms with Crippen molar-refractivity contribution >= 4 is 17.5 Å². The molecule has 1 N–H and O–H groups in total. The number of hydrogen-bond donors (Lipinski definition) is 1. The summed E-state index contributed by atoms with van der Waals surface area (Å²) in [6.45, 7) is 3.50. The molecule has 0 unspecified atom stereocenters. The highest BCUT2D eigenvalue weighted by Gasteiger charge is 2.32. The first-order valence-electron chi connectivity index (χ1n) is 8.38. The SMILES string of the molecule is C[C@@H](NC(=O)C(C)(C)Oc1ccccc1Cl)c1ccc(OCC(F)(F)F)cn1. The Morgan fingerprint density at radius 3 is 2.46 bits per heavy atom. The van der Waals surface area contributed by atoms with Gasteiger partial charge in [-0.05, 0) is 45.0 Å². The normalized spacial score (nSPS) is 13.0. The van der Waals surface area contributed by atoms with Crippen molar-refractivity contribution in [3.8, 4) is 11.5 Å². The third-order valence-electron chi connectivity index (χ3n) is 3.70. The topological polar surface area (TPSA) is 60.5 Å². The highest BCUT2D eigenvalue weighted by molar-refractivity contribution is 6.32. The third-order valence-corrected chi connectivity index (χ3v) is 4.01. The van der Waals surface area contributed by atoms with E-state index in [0.717, 1.165) is 0 Å².